The predicted octanol–water partition coefficient (Wildman–Crippen LogP) is 1.92. The zero-order valence-corrected chi connectivity index (χ0v) is 8.83. The molecule has 0 aliphatic rings. The summed E-state index contributed by atoms with van der Waals surface area (Å²) in [5.41, 5.74) is -0.714. The van der Waals surface area contributed by atoms with Crippen LogP contribution < -0.4 is 5.32 Å². The minimum absolute atomic E-state index is 0.714. The first-order valence-electron chi connectivity index (χ1n) is 4.51. The monoisotopic (exact) mass is 284 g/mol. The van der Waals surface area contributed by atoms with Gasteiger partial charge in [0.15, 0.2) is 0 Å². The summed E-state index contributed by atoms with van der Waals surface area (Å²) in [4.78, 5) is 24.7. The first-order chi connectivity index (χ1) is 8.57. The number of carboxylic acids is 1. The number of hydrogen-bond donors (Lipinski definition) is 2. The number of carbonyl (C=O) groups is 2. The number of carbonyl (C=O) groups excluding carboxylic acids is 1. The number of nitrogens with one attached hydrogen (secondary N) is 1. The highest BCUT2D eigenvalue weighted by molar-refractivity contribution is 6.01. The van der Waals surface area contributed by atoms with Gasteiger partial charge >= 0.3 is 24.0 Å². The second-order valence-corrected chi connectivity index (χ2v) is 3.23. The number of hydrogen-bond acceptors (Lipinski definition) is 3. The number of anilines is 1. The molecular weight excluding hydrogens is 279 g/mol. The Bertz CT molecular complexity index is 515. The van der Waals surface area contributed by atoms with Crippen molar-refractivity contribution in [1.29, 1.82) is 0 Å². The van der Waals surface area contributed by atoms with Crippen LogP contribution in [0.2, 0.25) is 0 Å². The molecule has 5 nitrogen and oxygen atoms in total. The van der Waals surface area contributed by atoms with Crippen LogP contribution in [0.3, 0.4) is 0 Å². The van der Waals surface area contributed by atoms with Crippen LogP contribution in [0, 0.1) is 0 Å². The van der Waals surface area contributed by atoms with Gasteiger partial charge in [0.2, 0.25) is 0 Å². The summed E-state index contributed by atoms with van der Waals surface area (Å²) in [6.07, 6.45) is -5.16. The molecule has 1 amide bonds. The summed E-state index contributed by atoms with van der Waals surface area (Å²) in [6, 6.07) is 2.00. The molecule has 0 saturated heterocycles. The summed E-state index contributed by atoms with van der Waals surface area (Å²) in [5.74, 6) is -10.9. The first kappa shape index (κ1) is 14.8. The Labute approximate surface area is 102 Å². The van der Waals surface area contributed by atoms with Gasteiger partial charge in [0.25, 0.3) is 0 Å². The molecule has 0 fully saturated rings. The van der Waals surface area contributed by atoms with Crippen molar-refractivity contribution in [2.24, 2.45) is 0 Å². The minimum Gasteiger partial charge on any atom is -0.478 e. The quantitative estimate of drug-likeness (QED) is 0.831. The van der Waals surface area contributed by atoms with Crippen LogP contribution in [0.15, 0.2) is 18.3 Å². The molecule has 1 rings (SSSR count). The zero-order valence-electron chi connectivity index (χ0n) is 8.83. The lowest BCUT2D eigenvalue weighted by Gasteiger charge is -2.18. The van der Waals surface area contributed by atoms with E-state index < -0.39 is 35.4 Å². The van der Waals surface area contributed by atoms with Crippen LogP contribution in [0.4, 0.5) is 27.8 Å². The molecule has 0 bridgehead atoms. The van der Waals surface area contributed by atoms with Crippen molar-refractivity contribution in [3.8, 4) is 0 Å². The van der Waals surface area contributed by atoms with Crippen LogP contribution in [0.25, 0.3) is 0 Å². The molecule has 0 saturated carbocycles. The van der Waals surface area contributed by atoms with E-state index in [0.717, 1.165) is 23.6 Å². The number of amides is 1. The second kappa shape index (κ2) is 4.78. The molecule has 1 aromatic rings. The molecule has 1 aromatic heterocycles. The zero-order chi connectivity index (χ0) is 14.8. The summed E-state index contributed by atoms with van der Waals surface area (Å²) >= 11 is 0. The van der Waals surface area contributed by atoms with E-state index >= 15 is 0 Å². The van der Waals surface area contributed by atoms with Gasteiger partial charge in [0.1, 0.15) is 11.4 Å². The van der Waals surface area contributed by atoms with Crippen LogP contribution in [-0.4, -0.2) is 34.1 Å². The topological polar surface area (TPSA) is 79.3 Å². The SMILES string of the molecule is O=C(O)c1cccnc1NC(=O)C(F)(F)C(F)(F)F. The third-order valence-electron chi connectivity index (χ3n) is 1.91. The van der Waals surface area contributed by atoms with Crippen molar-refractivity contribution in [2.75, 3.05) is 5.32 Å². The fourth-order valence-electron chi connectivity index (χ4n) is 0.992. The molecule has 104 valence electrons. The third kappa shape index (κ3) is 2.95. The summed E-state index contributed by atoms with van der Waals surface area (Å²) < 4.78 is 61.0. The molecule has 0 unspecified atom stereocenters. The maximum atomic E-state index is 12.6. The Balaban J connectivity index is 3.05. The number of aromatic nitrogens is 1. The van der Waals surface area contributed by atoms with Crippen LogP contribution in [0.1, 0.15) is 10.4 Å². The Morgan fingerprint density at radius 3 is 2.26 bits per heavy atom. The van der Waals surface area contributed by atoms with Crippen LogP contribution in [0.5, 0.6) is 0 Å². The van der Waals surface area contributed by atoms with Gasteiger partial charge in [-0.3, -0.25) is 4.79 Å². The number of alkyl halides is 5. The van der Waals surface area contributed by atoms with Gasteiger partial charge in [0, 0.05) is 6.20 Å². The largest absolute Gasteiger partial charge is 0.478 e. The van der Waals surface area contributed by atoms with Crippen molar-refractivity contribution >= 4 is 17.7 Å². The number of nitrogens with zero attached hydrogens (tertiary/aromatic N) is 1. The van der Waals surface area contributed by atoms with Crippen molar-refractivity contribution < 1.29 is 36.6 Å². The second-order valence-electron chi connectivity index (χ2n) is 3.23. The molecule has 10 heteroatoms. The number of halogens is 5. The molecule has 0 aromatic carbocycles. The Morgan fingerprint density at radius 2 is 1.79 bits per heavy atom. The fraction of sp³-hybridized carbons (Fsp3) is 0.222. The predicted molar refractivity (Wildman–Crippen MR) is 50.8 cm³/mol. The summed E-state index contributed by atoms with van der Waals surface area (Å²) in [7, 11) is 0. The van der Waals surface area contributed by atoms with Gasteiger partial charge in [0.05, 0.1) is 0 Å². The van der Waals surface area contributed by atoms with Gasteiger partial charge in [-0.15, -0.1) is 0 Å². The van der Waals surface area contributed by atoms with Gasteiger partial charge in [-0.1, -0.05) is 0 Å². The average molecular weight is 284 g/mol. The van der Waals surface area contributed by atoms with E-state index in [4.69, 9.17) is 5.11 Å². The lowest BCUT2D eigenvalue weighted by Crippen LogP contribution is -2.47. The van der Waals surface area contributed by atoms with E-state index in [1.54, 1.807) is 0 Å². The van der Waals surface area contributed by atoms with Crippen molar-refractivity contribution in [2.45, 2.75) is 12.1 Å². The molecule has 0 aliphatic heterocycles. The molecule has 0 atom stereocenters. The lowest BCUT2D eigenvalue weighted by molar-refractivity contribution is -0.267. The molecular formula is C9H5F5N2O3. The van der Waals surface area contributed by atoms with Gasteiger partial charge in [-0.2, -0.15) is 22.0 Å². The highest BCUT2D eigenvalue weighted by Gasteiger charge is 2.63. The van der Waals surface area contributed by atoms with Crippen molar-refractivity contribution in [3.63, 3.8) is 0 Å². The van der Waals surface area contributed by atoms with E-state index in [9.17, 15) is 31.5 Å². The van der Waals surface area contributed by atoms with E-state index in [0.29, 0.717) is 0 Å². The van der Waals surface area contributed by atoms with Crippen LogP contribution in [-0.2, 0) is 4.79 Å². The maximum absolute atomic E-state index is 12.6. The molecule has 2 N–H and O–H groups in total. The van der Waals surface area contributed by atoms with E-state index in [1.807, 2.05) is 0 Å². The van der Waals surface area contributed by atoms with E-state index in [-0.39, 0.29) is 0 Å². The van der Waals surface area contributed by atoms with Crippen LogP contribution >= 0.6 is 0 Å². The Kier molecular flexibility index (Phi) is 3.73. The highest BCUT2D eigenvalue weighted by atomic mass is 19.4. The maximum Gasteiger partial charge on any atom is 0.463 e. The number of carboxylic acid groups (broad SMARTS) is 1. The first-order valence-corrected chi connectivity index (χ1v) is 4.51. The van der Waals surface area contributed by atoms with E-state index in [2.05, 4.69) is 4.98 Å². The normalized spacial score (nSPS) is 12.1. The number of rotatable bonds is 3. The Morgan fingerprint density at radius 1 is 1.21 bits per heavy atom. The van der Waals surface area contributed by atoms with E-state index in [1.165, 1.54) is 0 Å². The fourth-order valence-corrected chi connectivity index (χ4v) is 0.992. The summed E-state index contributed by atoms with van der Waals surface area (Å²) in [5, 5.41) is 9.78. The molecule has 19 heavy (non-hydrogen) atoms. The molecule has 0 radical (unpaired) electrons. The molecule has 0 spiro atoms. The number of pyridine rings is 1. The van der Waals surface area contributed by atoms with Gasteiger partial charge in [-0.05, 0) is 12.1 Å². The van der Waals surface area contributed by atoms with Gasteiger partial charge in [-0.25, -0.2) is 9.78 Å². The Hall–Kier alpha value is -2.26. The number of aromatic carboxylic acids is 1. The smallest absolute Gasteiger partial charge is 0.463 e. The summed E-state index contributed by atoms with van der Waals surface area (Å²) in [6.45, 7) is 0. The van der Waals surface area contributed by atoms with Gasteiger partial charge < -0.3 is 10.4 Å². The molecule has 0 aliphatic carbocycles. The standard InChI is InChI=1S/C9H5F5N2O3/c10-8(11,9(12,13)14)7(19)16-5-4(6(17)18)2-1-3-15-5/h1-3H,(H,17,18)(H,15,16,19). The lowest BCUT2D eigenvalue weighted by atomic mass is 10.2. The minimum atomic E-state index is -6.09. The third-order valence-corrected chi connectivity index (χ3v) is 1.91. The molecule has 1 heterocycles. The van der Waals surface area contributed by atoms with Crippen molar-refractivity contribution in [1.82, 2.24) is 4.98 Å². The van der Waals surface area contributed by atoms with Crippen molar-refractivity contribution in [3.05, 3.63) is 23.9 Å². The average Bonchev–Trinajstić information content (AvgIpc) is 2.27. The highest BCUT2D eigenvalue weighted by Crippen LogP contribution is 2.36.